The molecule has 0 aliphatic heterocycles. The average Bonchev–Trinajstić information content (AvgIpc) is 2.73. The molecule has 2 aromatic rings. The second-order valence-electron chi connectivity index (χ2n) is 4.72. The number of rotatable bonds is 3. The molecular formula is C16H17NO3. The first-order valence-corrected chi connectivity index (χ1v) is 6.33. The quantitative estimate of drug-likeness (QED) is 0.637. The van der Waals surface area contributed by atoms with E-state index in [1.807, 2.05) is 43.5 Å². The van der Waals surface area contributed by atoms with Crippen molar-refractivity contribution in [2.75, 3.05) is 7.11 Å². The zero-order valence-corrected chi connectivity index (χ0v) is 12.1. The van der Waals surface area contributed by atoms with Crippen molar-refractivity contribution in [2.45, 2.75) is 20.8 Å². The number of aldehydes is 1. The van der Waals surface area contributed by atoms with Gasteiger partial charge in [0.1, 0.15) is 0 Å². The molecule has 0 unspecified atom stereocenters. The fourth-order valence-corrected chi connectivity index (χ4v) is 2.47. The van der Waals surface area contributed by atoms with Gasteiger partial charge in [0.2, 0.25) is 0 Å². The molecule has 0 fully saturated rings. The highest BCUT2D eigenvalue weighted by molar-refractivity contribution is 5.92. The summed E-state index contributed by atoms with van der Waals surface area (Å²) in [6.07, 6.45) is 0.846. The summed E-state index contributed by atoms with van der Waals surface area (Å²) in [7, 11) is 1.37. The molecule has 20 heavy (non-hydrogen) atoms. The Morgan fingerprint density at radius 1 is 1.25 bits per heavy atom. The lowest BCUT2D eigenvalue weighted by molar-refractivity contribution is 0.0599. The van der Waals surface area contributed by atoms with Crippen LogP contribution in [0, 0.1) is 20.8 Å². The molecule has 104 valence electrons. The first kappa shape index (κ1) is 14.1. The van der Waals surface area contributed by atoms with Crippen LogP contribution in [-0.2, 0) is 4.74 Å². The Morgan fingerprint density at radius 2 is 1.95 bits per heavy atom. The van der Waals surface area contributed by atoms with E-state index in [-0.39, 0.29) is 5.97 Å². The lowest BCUT2D eigenvalue weighted by Crippen LogP contribution is -2.08. The predicted molar refractivity (Wildman–Crippen MR) is 76.7 cm³/mol. The maximum Gasteiger partial charge on any atom is 0.338 e. The highest BCUT2D eigenvalue weighted by Gasteiger charge is 2.16. The van der Waals surface area contributed by atoms with Gasteiger partial charge in [0.15, 0.2) is 6.29 Å². The van der Waals surface area contributed by atoms with E-state index in [1.54, 1.807) is 6.07 Å². The fraction of sp³-hybridized carbons (Fsp3) is 0.250. The number of carbonyl (C=O) groups excluding carboxylic acids is 2. The second-order valence-corrected chi connectivity index (χ2v) is 4.72. The molecule has 1 aromatic heterocycles. The van der Waals surface area contributed by atoms with Crippen LogP contribution < -0.4 is 0 Å². The normalized spacial score (nSPS) is 10.4. The van der Waals surface area contributed by atoms with E-state index in [0.29, 0.717) is 11.1 Å². The Labute approximate surface area is 118 Å². The lowest BCUT2D eigenvalue weighted by atomic mass is 10.1. The zero-order chi connectivity index (χ0) is 14.9. The first-order chi connectivity index (χ1) is 9.51. The minimum Gasteiger partial charge on any atom is -0.465 e. The first-order valence-electron chi connectivity index (χ1n) is 6.33. The number of ether oxygens (including phenoxy) is 1. The lowest BCUT2D eigenvalue weighted by Gasteiger charge is -2.15. The summed E-state index contributed by atoms with van der Waals surface area (Å²) in [5, 5.41) is 0. The summed E-state index contributed by atoms with van der Waals surface area (Å²) in [6, 6.07) is 7.32. The maximum atomic E-state index is 11.8. The molecular weight excluding hydrogens is 254 g/mol. The van der Waals surface area contributed by atoms with E-state index >= 15 is 0 Å². The number of methoxy groups -OCH3 is 1. The molecule has 0 saturated heterocycles. The van der Waals surface area contributed by atoms with Crippen LogP contribution in [-0.4, -0.2) is 23.9 Å². The molecule has 4 nitrogen and oxygen atoms in total. The van der Waals surface area contributed by atoms with Gasteiger partial charge in [0.05, 0.1) is 12.7 Å². The summed E-state index contributed by atoms with van der Waals surface area (Å²) >= 11 is 0. The van der Waals surface area contributed by atoms with E-state index in [2.05, 4.69) is 0 Å². The number of aromatic nitrogens is 1. The van der Waals surface area contributed by atoms with Gasteiger partial charge in [-0.05, 0) is 44.5 Å². The van der Waals surface area contributed by atoms with Crippen molar-refractivity contribution >= 4 is 12.3 Å². The van der Waals surface area contributed by atoms with Crippen molar-refractivity contribution in [3.63, 3.8) is 0 Å². The van der Waals surface area contributed by atoms with Crippen LogP contribution >= 0.6 is 0 Å². The van der Waals surface area contributed by atoms with Gasteiger partial charge >= 0.3 is 5.97 Å². The molecule has 0 atom stereocenters. The Kier molecular flexibility index (Phi) is 3.74. The third-order valence-corrected chi connectivity index (χ3v) is 3.55. The van der Waals surface area contributed by atoms with Crippen LogP contribution in [0.5, 0.6) is 0 Å². The van der Waals surface area contributed by atoms with Crippen molar-refractivity contribution in [1.82, 2.24) is 4.57 Å². The van der Waals surface area contributed by atoms with E-state index in [4.69, 9.17) is 4.74 Å². The Hall–Kier alpha value is -2.36. The van der Waals surface area contributed by atoms with E-state index < -0.39 is 0 Å². The molecule has 0 aliphatic carbocycles. The van der Waals surface area contributed by atoms with Gasteiger partial charge in [0.25, 0.3) is 0 Å². The number of nitrogens with zero attached hydrogens (tertiary/aromatic N) is 1. The highest BCUT2D eigenvalue weighted by Crippen LogP contribution is 2.24. The van der Waals surface area contributed by atoms with Crippen LogP contribution in [0.2, 0.25) is 0 Å². The van der Waals surface area contributed by atoms with Gasteiger partial charge in [-0.1, -0.05) is 6.07 Å². The minimum atomic E-state index is -0.359. The van der Waals surface area contributed by atoms with Crippen LogP contribution in [0.4, 0.5) is 0 Å². The van der Waals surface area contributed by atoms with Gasteiger partial charge in [-0.2, -0.15) is 0 Å². The number of carbonyl (C=O) groups is 2. The fourth-order valence-electron chi connectivity index (χ4n) is 2.47. The van der Waals surface area contributed by atoms with Gasteiger partial charge in [-0.25, -0.2) is 4.79 Å². The third kappa shape index (κ3) is 2.13. The van der Waals surface area contributed by atoms with Crippen LogP contribution in [0.3, 0.4) is 0 Å². The van der Waals surface area contributed by atoms with E-state index in [1.165, 1.54) is 7.11 Å². The summed E-state index contributed by atoms with van der Waals surface area (Å²) in [5.74, 6) is -0.359. The molecule has 0 N–H and O–H groups in total. The van der Waals surface area contributed by atoms with Crippen molar-refractivity contribution in [3.05, 3.63) is 52.3 Å². The Balaban J connectivity index is 2.68. The van der Waals surface area contributed by atoms with E-state index in [0.717, 1.165) is 28.9 Å². The highest BCUT2D eigenvalue weighted by atomic mass is 16.5. The smallest absolute Gasteiger partial charge is 0.338 e. The standard InChI is InChI=1S/C16H17NO3/c1-10-8-13(9-18)12(3)17(10)15-7-5-6-14(11(15)2)16(19)20-4/h5-9H,1-4H3. The number of aryl methyl sites for hydroxylation is 1. The predicted octanol–water partition coefficient (Wildman–Crippen LogP) is 3.00. The largest absolute Gasteiger partial charge is 0.465 e. The van der Waals surface area contributed by atoms with Crippen molar-refractivity contribution in [2.24, 2.45) is 0 Å². The minimum absolute atomic E-state index is 0.359. The summed E-state index contributed by atoms with van der Waals surface area (Å²) < 4.78 is 6.77. The average molecular weight is 271 g/mol. The molecule has 2 rings (SSSR count). The van der Waals surface area contributed by atoms with Gasteiger partial charge in [-0.3, -0.25) is 4.79 Å². The van der Waals surface area contributed by atoms with Crippen molar-refractivity contribution in [3.8, 4) is 5.69 Å². The maximum absolute atomic E-state index is 11.8. The molecule has 0 radical (unpaired) electrons. The number of benzene rings is 1. The van der Waals surface area contributed by atoms with Gasteiger partial charge < -0.3 is 9.30 Å². The van der Waals surface area contributed by atoms with Crippen molar-refractivity contribution < 1.29 is 14.3 Å². The molecule has 0 bridgehead atoms. The summed E-state index contributed by atoms with van der Waals surface area (Å²) in [5.41, 5.74) is 4.72. The molecule has 4 heteroatoms. The monoisotopic (exact) mass is 271 g/mol. The van der Waals surface area contributed by atoms with Crippen LogP contribution in [0.25, 0.3) is 5.69 Å². The molecule has 0 spiro atoms. The molecule has 0 saturated carbocycles. The van der Waals surface area contributed by atoms with E-state index in [9.17, 15) is 9.59 Å². The van der Waals surface area contributed by atoms with Crippen molar-refractivity contribution in [1.29, 1.82) is 0 Å². The SMILES string of the molecule is COC(=O)c1cccc(-n2c(C)cc(C=O)c2C)c1C. The number of esters is 1. The van der Waals surface area contributed by atoms with Gasteiger partial charge in [0, 0.05) is 22.6 Å². The summed E-state index contributed by atoms with van der Waals surface area (Å²) in [6.45, 7) is 5.70. The molecule has 1 aromatic carbocycles. The third-order valence-electron chi connectivity index (χ3n) is 3.55. The second kappa shape index (κ2) is 5.33. The Morgan fingerprint density at radius 3 is 2.50 bits per heavy atom. The number of hydrogen-bond donors (Lipinski definition) is 0. The topological polar surface area (TPSA) is 48.3 Å². The van der Waals surface area contributed by atoms with Gasteiger partial charge in [-0.15, -0.1) is 0 Å². The zero-order valence-electron chi connectivity index (χ0n) is 12.1. The van der Waals surface area contributed by atoms with Crippen LogP contribution in [0.15, 0.2) is 24.3 Å². The molecule has 1 heterocycles. The molecule has 0 aliphatic rings. The number of hydrogen-bond acceptors (Lipinski definition) is 3. The Bertz CT molecular complexity index is 683. The molecule has 0 amide bonds. The summed E-state index contributed by atoms with van der Waals surface area (Å²) in [4.78, 5) is 22.8. The van der Waals surface area contributed by atoms with Crippen LogP contribution in [0.1, 0.15) is 37.7 Å².